The van der Waals surface area contributed by atoms with Gasteiger partial charge >= 0.3 is 0 Å². The Morgan fingerprint density at radius 1 is 0.774 bits per heavy atom. The summed E-state index contributed by atoms with van der Waals surface area (Å²) in [5, 5.41) is 31.3. The van der Waals surface area contributed by atoms with E-state index < -0.39 is 12.4 Å². The zero-order chi connectivity index (χ0) is 22.3. The summed E-state index contributed by atoms with van der Waals surface area (Å²) in [6, 6.07) is 26.1. The second-order valence-electron chi connectivity index (χ2n) is 7.63. The molecule has 5 nitrogen and oxygen atoms in total. The summed E-state index contributed by atoms with van der Waals surface area (Å²) in [7, 11) is 3.98. The molecule has 0 spiro atoms. The van der Waals surface area contributed by atoms with Gasteiger partial charge < -0.3 is 25.0 Å². The van der Waals surface area contributed by atoms with Crippen LogP contribution in [0.5, 0.6) is 5.75 Å². The lowest BCUT2D eigenvalue weighted by atomic mass is 9.85. The van der Waals surface area contributed by atoms with Gasteiger partial charge in [0.2, 0.25) is 5.79 Å². The molecule has 3 N–H and O–H groups in total. The molecule has 3 aromatic rings. The van der Waals surface area contributed by atoms with Crippen LogP contribution in [0.4, 0.5) is 0 Å². The molecule has 31 heavy (non-hydrogen) atoms. The van der Waals surface area contributed by atoms with Crippen molar-refractivity contribution in [2.24, 2.45) is 0 Å². The van der Waals surface area contributed by atoms with E-state index in [1.54, 1.807) is 12.1 Å². The van der Waals surface area contributed by atoms with Crippen LogP contribution >= 0.6 is 0 Å². The number of benzene rings is 3. The van der Waals surface area contributed by atoms with E-state index in [9.17, 15) is 15.3 Å². The van der Waals surface area contributed by atoms with Crippen molar-refractivity contribution in [1.82, 2.24) is 4.90 Å². The molecule has 3 rings (SSSR count). The fraction of sp³-hybridized carbons (Fsp3) is 0.231. The van der Waals surface area contributed by atoms with Crippen LogP contribution in [-0.4, -0.2) is 59.9 Å². The van der Waals surface area contributed by atoms with Crippen molar-refractivity contribution in [2.75, 3.05) is 33.9 Å². The molecule has 162 valence electrons. The van der Waals surface area contributed by atoms with Crippen molar-refractivity contribution in [3.63, 3.8) is 0 Å². The van der Waals surface area contributed by atoms with Gasteiger partial charge in [-0.3, -0.25) is 0 Å². The molecule has 0 saturated heterocycles. The Kier molecular flexibility index (Phi) is 7.60. The molecule has 0 fully saturated rings. The molecule has 0 aliphatic carbocycles. The number of ether oxygens (including phenoxy) is 1. The van der Waals surface area contributed by atoms with E-state index in [-0.39, 0.29) is 5.57 Å². The number of aliphatic hydroxyl groups excluding tert-OH is 1. The summed E-state index contributed by atoms with van der Waals surface area (Å²) in [4.78, 5) is 2.05. The van der Waals surface area contributed by atoms with E-state index in [4.69, 9.17) is 4.74 Å². The smallest absolute Gasteiger partial charge is 0.215 e. The average molecular weight is 420 g/mol. The maximum atomic E-state index is 10.8. The fourth-order valence-corrected chi connectivity index (χ4v) is 3.38. The Balaban J connectivity index is 2.14. The van der Waals surface area contributed by atoms with Crippen LogP contribution in [0.15, 0.2) is 84.9 Å². The van der Waals surface area contributed by atoms with E-state index in [1.807, 2.05) is 91.8 Å². The van der Waals surface area contributed by atoms with Crippen molar-refractivity contribution in [3.05, 3.63) is 102 Å². The molecular weight excluding hydrogens is 390 g/mol. The van der Waals surface area contributed by atoms with Gasteiger partial charge in [0.1, 0.15) is 19.0 Å². The Labute approximate surface area is 183 Å². The topological polar surface area (TPSA) is 73.2 Å². The first-order valence-electron chi connectivity index (χ1n) is 10.2. The van der Waals surface area contributed by atoms with Crippen LogP contribution in [0.25, 0.3) is 11.1 Å². The van der Waals surface area contributed by atoms with Crippen LogP contribution in [-0.2, 0) is 0 Å². The molecule has 0 bridgehead atoms. The van der Waals surface area contributed by atoms with Gasteiger partial charge in [0.25, 0.3) is 0 Å². The first kappa shape index (κ1) is 22.7. The first-order chi connectivity index (χ1) is 14.9. The Bertz CT molecular complexity index is 981. The van der Waals surface area contributed by atoms with Crippen LogP contribution in [0, 0.1) is 0 Å². The molecular formula is C26H29NO4. The van der Waals surface area contributed by atoms with Gasteiger partial charge in [-0.25, -0.2) is 0 Å². The van der Waals surface area contributed by atoms with Crippen LogP contribution in [0.3, 0.4) is 0 Å². The summed E-state index contributed by atoms with van der Waals surface area (Å²) in [5.41, 5.74) is 3.08. The monoisotopic (exact) mass is 419 g/mol. The van der Waals surface area contributed by atoms with E-state index >= 15 is 0 Å². The number of hydrogen-bond acceptors (Lipinski definition) is 5. The third-order valence-electron chi connectivity index (χ3n) is 4.95. The van der Waals surface area contributed by atoms with Crippen molar-refractivity contribution in [1.29, 1.82) is 0 Å². The maximum absolute atomic E-state index is 10.8. The zero-order valence-corrected chi connectivity index (χ0v) is 17.9. The summed E-state index contributed by atoms with van der Waals surface area (Å²) in [6.45, 7) is 0.548. The number of nitrogens with zero attached hydrogens (tertiary/aromatic N) is 1. The molecule has 0 radical (unpaired) electrons. The third kappa shape index (κ3) is 5.81. The summed E-state index contributed by atoms with van der Waals surface area (Å²) < 4.78 is 5.79. The highest BCUT2D eigenvalue weighted by atomic mass is 16.5. The third-order valence-corrected chi connectivity index (χ3v) is 4.95. The van der Waals surface area contributed by atoms with Crippen molar-refractivity contribution >= 4 is 11.1 Å². The average Bonchev–Trinajstić information content (AvgIpc) is 2.79. The second kappa shape index (κ2) is 10.4. The van der Waals surface area contributed by atoms with E-state index in [1.165, 1.54) is 0 Å². The van der Waals surface area contributed by atoms with Crippen molar-refractivity contribution < 1.29 is 20.1 Å². The quantitative estimate of drug-likeness (QED) is 0.367. The van der Waals surface area contributed by atoms with Crippen LogP contribution in [0.1, 0.15) is 16.7 Å². The van der Waals surface area contributed by atoms with Crippen molar-refractivity contribution in [3.8, 4) is 5.75 Å². The predicted octanol–water partition coefficient (Wildman–Crippen LogP) is 3.26. The minimum atomic E-state index is -2.42. The lowest BCUT2D eigenvalue weighted by Crippen LogP contribution is -2.35. The molecule has 0 aromatic heterocycles. The maximum Gasteiger partial charge on any atom is 0.215 e. The highest BCUT2D eigenvalue weighted by molar-refractivity contribution is 6.00. The molecule has 0 heterocycles. The van der Waals surface area contributed by atoms with Gasteiger partial charge in [0.05, 0.1) is 0 Å². The molecule has 0 aliphatic rings. The number of rotatable bonds is 9. The fourth-order valence-electron chi connectivity index (χ4n) is 3.38. The standard InChI is InChI=1S/C26H29NO4/c1-27(2)17-18-31-23-15-13-21(14-16-23)24(20-9-5-3-6-10-20)25(26(29,30)19-28)22-11-7-4-8-12-22/h3-16,28-30H,17-19H2,1-2H3/b25-24+. The number of hydrogen-bond donors (Lipinski definition) is 3. The minimum Gasteiger partial charge on any atom is -0.492 e. The summed E-state index contributed by atoms with van der Waals surface area (Å²) in [6.07, 6.45) is 0. The summed E-state index contributed by atoms with van der Waals surface area (Å²) >= 11 is 0. The predicted molar refractivity (Wildman–Crippen MR) is 124 cm³/mol. The highest BCUT2D eigenvalue weighted by Crippen LogP contribution is 2.38. The lowest BCUT2D eigenvalue weighted by Gasteiger charge is -2.27. The second-order valence-corrected chi connectivity index (χ2v) is 7.63. The van der Waals surface area contributed by atoms with Gasteiger partial charge in [-0.15, -0.1) is 0 Å². The molecule has 0 atom stereocenters. The van der Waals surface area contributed by atoms with E-state index in [0.29, 0.717) is 17.7 Å². The lowest BCUT2D eigenvalue weighted by molar-refractivity contribution is -0.137. The zero-order valence-electron chi connectivity index (χ0n) is 17.9. The van der Waals surface area contributed by atoms with E-state index in [2.05, 4.69) is 0 Å². The van der Waals surface area contributed by atoms with Crippen molar-refractivity contribution in [2.45, 2.75) is 5.79 Å². The summed E-state index contributed by atoms with van der Waals surface area (Å²) in [5.74, 6) is -1.69. The molecule has 5 heteroatoms. The molecule has 0 unspecified atom stereocenters. The molecule has 3 aromatic carbocycles. The Morgan fingerprint density at radius 3 is 1.81 bits per heavy atom. The Morgan fingerprint density at radius 2 is 1.29 bits per heavy atom. The SMILES string of the molecule is CN(C)CCOc1ccc(/C(=C(\c2ccccc2)C(O)(O)CO)c2ccccc2)cc1. The van der Waals surface area contributed by atoms with E-state index in [0.717, 1.165) is 23.4 Å². The van der Waals surface area contributed by atoms with Crippen LogP contribution in [0.2, 0.25) is 0 Å². The number of likely N-dealkylation sites (N-methyl/N-ethyl adjacent to an activating group) is 1. The van der Waals surface area contributed by atoms with Gasteiger partial charge in [0, 0.05) is 12.1 Å². The van der Waals surface area contributed by atoms with Crippen LogP contribution < -0.4 is 4.74 Å². The molecule has 0 saturated carbocycles. The number of aliphatic hydroxyl groups is 3. The Hall–Kier alpha value is -2.96. The molecule has 0 amide bonds. The highest BCUT2D eigenvalue weighted by Gasteiger charge is 2.33. The van der Waals surface area contributed by atoms with Gasteiger partial charge in [-0.05, 0) is 48.5 Å². The minimum absolute atomic E-state index is 0.239. The molecule has 0 aliphatic heterocycles. The van der Waals surface area contributed by atoms with Gasteiger partial charge in [-0.1, -0.05) is 72.8 Å². The largest absolute Gasteiger partial charge is 0.492 e. The first-order valence-corrected chi connectivity index (χ1v) is 10.2. The normalized spacial score (nSPS) is 12.6. The van der Waals surface area contributed by atoms with Gasteiger partial charge in [0.15, 0.2) is 0 Å². The van der Waals surface area contributed by atoms with Gasteiger partial charge in [-0.2, -0.15) is 0 Å².